The maximum atomic E-state index is 13.0. The average molecular weight is 456 g/mol. The number of nitrogens with one attached hydrogen (secondary N) is 1. The van der Waals surface area contributed by atoms with Crippen molar-refractivity contribution in [2.24, 2.45) is 11.7 Å². The van der Waals surface area contributed by atoms with E-state index in [0.717, 1.165) is 25.2 Å². The number of rotatable bonds is 5. The topological polar surface area (TPSA) is 110 Å². The number of hydrogen-bond donors (Lipinski definition) is 2. The Hall–Kier alpha value is -4.20. The molecular weight excluding hydrogens is 430 g/mol. The molecule has 1 aliphatic heterocycles. The van der Waals surface area contributed by atoms with E-state index in [0.29, 0.717) is 34.0 Å². The highest BCUT2D eigenvalue weighted by atomic mass is 16.2. The van der Waals surface area contributed by atoms with Crippen molar-refractivity contribution in [3.05, 3.63) is 77.1 Å². The molecule has 0 bridgehead atoms. The van der Waals surface area contributed by atoms with Crippen molar-refractivity contribution in [1.82, 2.24) is 9.55 Å². The molecule has 1 fully saturated rings. The van der Waals surface area contributed by atoms with E-state index in [1.807, 2.05) is 51.9 Å². The Morgan fingerprint density at radius 3 is 2.29 bits per heavy atom. The lowest BCUT2D eigenvalue weighted by atomic mass is 9.97. The lowest BCUT2D eigenvalue weighted by Crippen LogP contribution is -2.41. The first kappa shape index (κ1) is 21.6. The maximum Gasteiger partial charge on any atom is 0.244 e. The van der Waals surface area contributed by atoms with Gasteiger partial charge in [0.2, 0.25) is 11.8 Å². The van der Waals surface area contributed by atoms with Crippen LogP contribution < -0.4 is 21.4 Å². The van der Waals surface area contributed by atoms with Gasteiger partial charge in [-0.3, -0.25) is 14.4 Å². The van der Waals surface area contributed by atoms with Crippen molar-refractivity contribution < 1.29 is 9.59 Å². The van der Waals surface area contributed by atoms with E-state index in [1.54, 1.807) is 24.4 Å². The molecule has 2 amide bonds. The van der Waals surface area contributed by atoms with Gasteiger partial charge in [0.25, 0.3) is 0 Å². The number of primary amides is 1. The zero-order valence-corrected chi connectivity index (χ0v) is 18.6. The second-order valence-corrected chi connectivity index (χ2v) is 8.59. The molecule has 8 heteroatoms. The molecular formula is C26H25N5O3. The number of aromatic nitrogens is 2. The summed E-state index contributed by atoms with van der Waals surface area (Å²) in [6.07, 6.45) is 3.30. The lowest BCUT2D eigenvalue weighted by molar-refractivity contribution is -0.122. The van der Waals surface area contributed by atoms with Gasteiger partial charge in [-0.05, 0) is 49.2 Å². The van der Waals surface area contributed by atoms with Crippen LogP contribution in [0.2, 0.25) is 0 Å². The van der Waals surface area contributed by atoms with Gasteiger partial charge >= 0.3 is 0 Å². The summed E-state index contributed by atoms with van der Waals surface area (Å²) in [5.41, 5.74) is 7.43. The molecule has 0 aliphatic carbocycles. The highest BCUT2D eigenvalue weighted by molar-refractivity contribution is 5.97. The summed E-state index contributed by atoms with van der Waals surface area (Å²) in [6.45, 7) is 1.42. The van der Waals surface area contributed by atoms with Crippen molar-refractivity contribution in [1.29, 1.82) is 0 Å². The number of carbonyl (C=O) groups excluding carboxylic acids is 2. The molecule has 34 heavy (non-hydrogen) atoms. The minimum Gasteiger partial charge on any atom is -0.369 e. The molecule has 3 N–H and O–H groups in total. The highest BCUT2D eigenvalue weighted by Crippen LogP contribution is 2.23. The van der Waals surface area contributed by atoms with E-state index in [4.69, 9.17) is 5.73 Å². The van der Waals surface area contributed by atoms with Gasteiger partial charge in [-0.25, -0.2) is 4.98 Å². The van der Waals surface area contributed by atoms with Crippen LogP contribution in [0, 0.1) is 5.92 Å². The van der Waals surface area contributed by atoms with Crippen LogP contribution in [0.15, 0.2) is 71.7 Å². The normalized spacial score (nSPS) is 16.0. The van der Waals surface area contributed by atoms with Gasteiger partial charge in [0.1, 0.15) is 12.4 Å². The van der Waals surface area contributed by atoms with Gasteiger partial charge in [-0.2, -0.15) is 0 Å². The van der Waals surface area contributed by atoms with Crippen LogP contribution in [0.5, 0.6) is 0 Å². The fourth-order valence-electron chi connectivity index (χ4n) is 4.66. The van der Waals surface area contributed by atoms with Gasteiger partial charge in [0, 0.05) is 23.9 Å². The molecule has 1 unspecified atom stereocenters. The van der Waals surface area contributed by atoms with Gasteiger partial charge < -0.3 is 20.5 Å². The van der Waals surface area contributed by atoms with Gasteiger partial charge in [-0.15, -0.1) is 0 Å². The number of nitrogens with two attached hydrogens (primary N) is 1. The summed E-state index contributed by atoms with van der Waals surface area (Å²) in [6, 6.07) is 18.3. The Morgan fingerprint density at radius 2 is 1.68 bits per heavy atom. The predicted octanol–water partition coefficient (Wildman–Crippen LogP) is 2.89. The smallest absolute Gasteiger partial charge is 0.244 e. The number of benzene rings is 2. The van der Waals surface area contributed by atoms with Crippen LogP contribution in [0.1, 0.15) is 12.8 Å². The summed E-state index contributed by atoms with van der Waals surface area (Å²) in [5, 5.41) is 4.06. The second kappa shape index (κ2) is 8.97. The van der Waals surface area contributed by atoms with Gasteiger partial charge in [-0.1, -0.05) is 24.3 Å². The molecule has 5 rings (SSSR count). The molecule has 172 valence electrons. The van der Waals surface area contributed by atoms with Crippen molar-refractivity contribution >= 4 is 45.1 Å². The molecule has 0 radical (unpaired) electrons. The molecule has 0 spiro atoms. The molecule has 1 aliphatic rings. The van der Waals surface area contributed by atoms with Crippen LogP contribution in [0.3, 0.4) is 0 Å². The quantitative estimate of drug-likeness (QED) is 0.450. The largest absolute Gasteiger partial charge is 0.369 e. The van der Waals surface area contributed by atoms with Gasteiger partial charge in [0.15, 0.2) is 5.43 Å². The van der Waals surface area contributed by atoms with Crippen molar-refractivity contribution in [3.63, 3.8) is 0 Å². The number of fused-ring (bicyclic) bond motifs is 2. The molecule has 1 atom stereocenters. The number of anilines is 2. The summed E-state index contributed by atoms with van der Waals surface area (Å²) < 4.78 is 1.86. The van der Waals surface area contributed by atoms with Crippen LogP contribution in [-0.2, 0) is 16.1 Å². The standard InChI is InChI=1S/C26H25N5O3/c27-26(34)17-6-5-13-30(15-17)23-12-11-18(14-28-23)29-24(32)16-31-21-9-3-1-7-19(21)25(33)20-8-2-4-10-22(20)31/h1-4,7-12,14,17H,5-6,13,15-16H2,(H2,27,34)(H,29,32). The summed E-state index contributed by atoms with van der Waals surface area (Å²) in [5.74, 6) is 0.0786. The number of carbonyl (C=O) groups is 2. The Balaban J connectivity index is 1.36. The van der Waals surface area contributed by atoms with Crippen molar-refractivity contribution in [2.45, 2.75) is 19.4 Å². The molecule has 2 aromatic carbocycles. The molecule has 0 saturated carbocycles. The third-order valence-corrected chi connectivity index (χ3v) is 6.36. The Morgan fingerprint density at radius 1 is 1.00 bits per heavy atom. The summed E-state index contributed by atoms with van der Waals surface area (Å²) in [4.78, 5) is 43.9. The molecule has 1 saturated heterocycles. The zero-order valence-electron chi connectivity index (χ0n) is 18.6. The molecule has 4 aromatic rings. The number of amides is 2. The molecule has 8 nitrogen and oxygen atoms in total. The first-order valence-electron chi connectivity index (χ1n) is 11.3. The minimum absolute atomic E-state index is 0.0427. The monoisotopic (exact) mass is 455 g/mol. The molecule has 3 heterocycles. The van der Waals surface area contributed by atoms with E-state index in [-0.39, 0.29) is 29.7 Å². The van der Waals surface area contributed by atoms with E-state index < -0.39 is 0 Å². The zero-order chi connectivity index (χ0) is 23.7. The number of nitrogens with zero attached hydrogens (tertiary/aromatic N) is 3. The minimum atomic E-state index is -0.281. The Kier molecular flexibility index (Phi) is 5.71. The lowest BCUT2D eigenvalue weighted by Gasteiger charge is -2.32. The number of piperidine rings is 1. The van der Waals surface area contributed by atoms with E-state index >= 15 is 0 Å². The van der Waals surface area contributed by atoms with E-state index in [2.05, 4.69) is 10.3 Å². The predicted molar refractivity (Wildman–Crippen MR) is 133 cm³/mol. The van der Waals surface area contributed by atoms with E-state index in [1.165, 1.54) is 0 Å². The number of hydrogen-bond acceptors (Lipinski definition) is 5. The van der Waals surface area contributed by atoms with Crippen LogP contribution in [-0.4, -0.2) is 34.5 Å². The highest BCUT2D eigenvalue weighted by Gasteiger charge is 2.24. The van der Waals surface area contributed by atoms with Crippen LogP contribution >= 0.6 is 0 Å². The third kappa shape index (κ3) is 4.10. The summed E-state index contributed by atoms with van der Waals surface area (Å²) in [7, 11) is 0. The maximum absolute atomic E-state index is 13.0. The van der Waals surface area contributed by atoms with E-state index in [9.17, 15) is 14.4 Å². The second-order valence-electron chi connectivity index (χ2n) is 8.59. The fourth-order valence-corrected chi connectivity index (χ4v) is 4.66. The Bertz CT molecular complexity index is 1380. The summed E-state index contributed by atoms with van der Waals surface area (Å²) >= 11 is 0. The first-order valence-corrected chi connectivity index (χ1v) is 11.3. The number of pyridine rings is 2. The van der Waals surface area contributed by atoms with Crippen LogP contribution in [0.4, 0.5) is 11.5 Å². The number of para-hydroxylation sites is 2. The third-order valence-electron chi connectivity index (χ3n) is 6.36. The fraction of sp³-hybridized carbons (Fsp3) is 0.231. The molecule has 2 aromatic heterocycles. The average Bonchev–Trinajstić information content (AvgIpc) is 2.87. The van der Waals surface area contributed by atoms with Crippen molar-refractivity contribution in [3.8, 4) is 0 Å². The first-order chi connectivity index (χ1) is 16.5. The Labute approximate surface area is 196 Å². The van der Waals surface area contributed by atoms with Crippen LogP contribution in [0.25, 0.3) is 21.8 Å². The SMILES string of the molecule is NC(=O)C1CCCN(c2ccc(NC(=O)Cn3c4ccccc4c(=O)c4ccccc43)cn2)C1. The van der Waals surface area contributed by atoms with Crippen molar-refractivity contribution in [2.75, 3.05) is 23.3 Å². The van der Waals surface area contributed by atoms with Gasteiger partial charge in [0.05, 0.1) is 28.8 Å².